The Morgan fingerprint density at radius 2 is 2.06 bits per heavy atom. The van der Waals surface area contributed by atoms with Gasteiger partial charge in [-0.2, -0.15) is 0 Å². The number of likely N-dealkylation sites (N-methyl/N-ethyl adjacent to an activating group) is 1. The Bertz CT molecular complexity index is 228. The molecule has 1 rings (SSSR count). The number of ether oxygens (including phenoxy) is 2. The number of hydrogen-bond acceptors (Lipinski definition) is 4. The fraction of sp³-hybridized carbons (Fsp3) is 0.917. The van der Waals surface area contributed by atoms with Gasteiger partial charge < -0.3 is 14.4 Å². The van der Waals surface area contributed by atoms with Crippen LogP contribution in [0.5, 0.6) is 0 Å². The third-order valence-electron chi connectivity index (χ3n) is 2.71. The second kappa shape index (κ2) is 7.50. The Morgan fingerprint density at radius 1 is 1.41 bits per heavy atom. The van der Waals surface area contributed by atoms with Gasteiger partial charge in [-0.3, -0.25) is 4.90 Å². The zero-order valence-electron chi connectivity index (χ0n) is 11.1. The summed E-state index contributed by atoms with van der Waals surface area (Å²) >= 11 is 0. The van der Waals surface area contributed by atoms with Crippen molar-refractivity contribution in [2.45, 2.75) is 13.8 Å². The van der Waals surface area contributed by atoms with Crippen LogP contribution in [0.25, 0.3) is 0 Å². The zero-order chi connectivity index (χ0) is 12.7. The average Bonchev–Trinajstić information content (AvgIpc) is 2.34. The second-order valence-electron chi connectivity index (χ2n) is 4.85. The first-order valence-electron chi connectivity index (χ1n) is 6.27. The van der Waals surface area contributed by atoms with E-state index in [1.54, 1.807) is 11.9 Å². The molecule has 0 bridgehead atoms. The van der Waals surface area contributed by atoms with Crippen LogP contribution in [0.3, 0.4) is 0 Å². The smallest absolute Gasteiger partial charge is 0.409 e. The molecule has 0 atom stereocenters. The van der Waals surface area contributed by atoms with Crippen molar-refractivity contribution in [2.24, 2.45) is 5.92 Å². The molecule has 0 N–H and O–H groups in total. The van der Waals surface area contributed by atoms with Gasteiger partial charge >= 0.3 is 6.09 Å². The lowest BCUT2D eigenvalue weighted by molar-refractivity contribution is 0.0331. The van der Waals surface area contributed by atoms with Gasteiger partial charge in [0.05, 0.1) is 19.8 Å². The van der Waals surface area contributed by atoms with Crippen LogP contribution in [-0.4, -0.2) is 68.9 Å². The van der Waals surface area contributed by atoms with Gasteiger partial charge in [0.25, 0.3) is 0 Å². The van der Waals surface area contributed by atoms with E-state index in [4.69, 9.17) is 9.47 Å². The van der Waals surface area contributed by atoms with E-state index in [2.05, 4.69) is 4.90 Å². The summed E-state index contributed by atoms with van der Waals surface area (Å²) in [6.45, 7) is 9.63. The molecule has 0 aromatic heterocycles. The van der Waals surface area contributed by atoms with Gasteiger partial charge in [0.1, 0.15) is 0 Å². The second-order valence-corrected chi connectivity index (χ2v) is 4.85. The summed E-state index contributed by atoms with van der Waals surface area (Å²) in [5.41, 5.74) is 0. The van der Waals surface area contributed by atoms with Crippen molar-refractivity contribution < 1.29 is 14.3 Å². The lowest BCUT2D eigenvalue weighted by atomic mass is 10.2. The lowest BCUT2D eigenvalue weighted by Gasteiger charge is -2.28. The van der Waals surface area contributed by atoms with E-state index >= 15 is 0 Å². The number of carbonyl (C=O) groups is 1. The van der Waals surface area contributed by atoms with Crippen molar-refractivity contribution in [2.75, 3.05) is 53.0 Å². The topological polar surface area (TPSA) is 42.0 Å². The van der Waals surface area contributed by atoms with E-state index in [1.165, 1.54) is 0 Å². The van der Waals surface area contributed by atoms with Gasteiger partial charge in [-0.1, -0.05) is 13.8 Å². The minimum atomic E-state index is -0.230. The van der Waals surface area contributed by atoms with Crippen LogP contribution in [0.15, 0.2) is 0 Å². The van der Waals surface area contributed by atoms with Crippen LogP contribution in [0.2, 0.25) is 0 Å². The molecule has 0 spiro atoms. The molecule has 1 saturated heterocycles. The van der Waals surface area contributed by atoms with Crippen LogP contribution in [0.1, 0.15) is 13.8 Å². The predicted molar refractivity (Wildman–Crippen MR) is 66.1 cm³/mol. The van der Waals surface area contributed by atoms with Crippen molar-refractivity contribution >= 4 is 6.09 Å². The Morgan fingerprint density at radius 3 is 2.65 bits per heavy atom. The Labute approximate surface area is 104 Å². The number of morpholine rings is 1. The van der Waals surface area contributed by atoms with Crippen LogP contribution in [0, 0.1) is 5.92 Å². The molecule has 100 valence electrons. The third kappa shape index (κ3) is 5.89. The van der Waals surface area contributed by atoms with Crippen molar-refractivity contribution in [3.05, 3.63) is 0 Å². The van der Waals surface area contributed by atoms with E-state index < -0.39 is 0 Å². The standard InChI is InChI=1S/C12H24N2O3/c1-11(2)10-17-12(15)13(3)4-5-14-6-8-16-9-7-14/h11H,4-10H2,1-3H3. The van der Waals surface area contributed by atoms with Crippen LogP contribution in [-0.2, 0) is 9.47 Å². The maximum Gasteiger partial charge on any atom is 0.409 e. The molecular formula is C12H24N2O3. The molecule has 0 unspecified atom stereocenters. The Kier molecular flexibility index (Phi) is 6.29. The molecule has 0 aromatic carbocycles. The van der Waals surface area contributed by atoms with Crippen molar-refractivity contribution in [1.29, 1.82) is 0 Å². The Hall–Kier alpha value is -0.810. The average molecular weight is 244 g/mol. The van der Waals surface area contributed by atoms with Gasteiger partial charge in [0, 0.05) is 33.2 Å². The van der Waals surface area contributed by atoms with Gasteiger partial charge in [0.15, 0.2) is 0 Å². The van der Waals surface area contributed by atoms with E-state index in [0.29, 0.717) is 19.1 Å². The third-order valence-corrected chi connectivity index (χ3v) is 2.71. The summed E-state index contributed by atoms with van der Waals surface area (Å²) in [7, 11) is 1.78. The number of nitrogens with zero attached hydrogens (tertiary/aromatic N) is 2. The molecule has 5 heteroatoms. The molecule has 0 aliphatic carbocycles. The quantitative estimate of drug-likeness (QED) is 0.725. The normalized spacial score (nSPS) is 17.2. The molecule has 0 aromatic rings. The summed E-state index contributed by atoms with van der Waals surface area (Å²) in [5.74, 6) is 0.381. The molecule has 1 amide bonds. The maximum absolute atomic E-state index is 11.6. The number of carbonyl (C=O) groups excluding carboxylic acids is 1. The fourth-order valence-electron chi connectivity index (χ4n) is 1.56. The minimum absolute atomic E-state index is 0.230. The highest BCUT2D eigenvalue weighted by Gasteiger charge is 2.14. The number of rotatable bonds is 5. The zero-order valence-corrected chi connectivity index (χ0v) is 11.1. The van der Waals surface area contributed by atoms with Gasteiger partial charge in [-0.25, -0.2) is 4.79 Å². The molecule has 1 heterocycles. The van der Waals surface area contributed by atoms with Crippen LogP contribution < -0.4 is 0 Å². The number of amides is 1. The minimum Gasteiger partial charge on any atom is -0.449 e. The van der Waals surface area contributed by atoms with Gasteiger partial charge in [0.2, 0.25) is 0 Å². The molecule has 0 radical (unpaired) electrons. The molecule has 1 aliphatic heterocycles. The van der Waals surface area contributed by atoms with Gasteiger partial charge in [-0.05, 0) is 5.92 Å². The SMILES string of the molecule is CC(C)COC(=O)N(C)CCN1CCOCC1. The Balaban J connectivity index is 2.14. The predicted octanol–water partition coefficient (Wildman–Crippen LogP) is 1.04. The summed E-state index contributed by atoms with van der Waals surface area (Å²) in [4.78, 5) is 15.5. The number of hydrogen-bond donors (Lipinski definition) is 0. The fourth-order valence-corrected chi connectivity index (χ4v) is 1.56. The molecule has 17 heavy (non-hydrogen) atoms. The van der Waals surface area contributed by atoms with Crippen molar-refractivity contribution in [3.63, 3.8) is 0 Å². The lowest BCUT2D eigenvalue weighted by Crippen LogP contribution is -2.42. The van der Waals surface area contributed by atoms with Crippen LogP contribution >= 0.6 is 0 Å². The molecule has 1 aliphatic rings. The molecule has 1 fully saturated rings. The summed E-state index contributed by atoms with van der Waals surface area (Å²) in [6, 6.07) is 0. The summed E-state index contributed by atoms with van der Waals surface area (Å²) < 4.78 is 10.4. The van der Waals surface area contributed by atoms with Gasteiger partial charge in [-0.15, -0.1) is 0 Å². The highest BCUT2D eigenvalue weighted by atomic mass is 16.6. The monoisotopic (exact) mass is 244 g/mol. The highest BCUT2D eigenvalue weighted by Crippen LogP contribution is 1.99. The van der Waals surface area contributed by atoms with Crippen molar-refractivity contribution in [3.8, 4) is 0 Å². The first-order chi connectivity index (χ1) is 8.09. The summed E-state index contributed by atoms with van der Waals surface area (Å²) in [5, 5.41) is 0. The first-order valence-corrected chi connectivity index (χ1v) is 6.27. The molecule has 0 saturated carbocycles. The van der Waals surface area contributed by atoms with E-state index in [-0.39, 0.29) is 6.09 Å². The first kappa shape index (κ1) is 14.3. The van der Waals surface area contributed by atoms with E-state index in [9.17, 15) is 4.79 Å². The maximum atomic E-state index is 11.6. The largest absolute Gasteiger partial charge is 0.449 e. The van der Waals surface area contributed by atoms with E-state index in [0.717, 1.165) is 32.8 Å². The molecular weight excluding hydrogens is 220 g/mol. The molecule has 5 nitrogen and oxygen atoms in total. The van der Waals surface area contributed by atoms with Crippen molar-refractivity contribution in [1.82, 2.24) is 9.80 Å². The summed E-state index contributed by atoms with van der Waals surface area (Å²) in [6.07, 6.45) is -0.230. The highest BCUT2D eigenvalue weighted by molar-refractivity contribution is 5.67. The van der Waals surface area contributed by atoms with E-state index in [1.807, 2.05) is 13.8 Å². The van der Waals surface area contributed by atoms with Crippen LogP contribution in [0.4, 0.5) is 4.79 Å².